The number of nitrogens with one attached hydrogen (secondary N) is 1. The highest BCUT2D eigenvalue weighted by Gasteiger charge is 2.28. The highest BCUT2D eigenvalue weighted by atomic mass is 32.2. The molecule has 7 heteroatoms. The third kappa shape index (κ3) is 4.89. The minimum atomic E-state index is -3.51. The van der Waals surface area contributed by atoms with E-state index in [1.807, 2.05) is 6.92 Å². The van der Waals surface area contributed by atoms with Crippen LogP contribution in [0.2, 0.25) is 0 Å². The van der Waals surface area contributed by atoms with Gasteiger partial charge in [0, 0.05) is 25.2 Å². The van der Waals surface area contributed by atoms with Crippen LogP contribution in [0.1, 0.15) is 48.0 Å². The molecular formula is C20H31N3O3S. The molecule has 0 unspecified atom stereocenters. The zero-order valence-electron chi connectivity index (χ0n) is 16.4. The summed E-state index contributed by atoms with van der Waals surface area (Å²) in [6.45, 7) is 5.85. The molecule has 6 nitrogen and oxygen atoms in total. The Morgan fingerprint density at radius 3 is 2.48 bits per heavy atom. The molecule has 0 saturated carbocycles. The summed E-state index contributed by atoms with van der Waals surface area (Å²) >= 11 is 0. The smallest absolute Gasteiger partial charge is 0.251 e. The van der Waals surface area contributed by atoms with Crippen molar-refractivity contribution >= 4 is 15.9 Å². The lowest BCUT2D eigenvalue weighted by molar-refractivity contribution is 0.0948. The molecule has 0 radical (unpaired) electrons. The summed E-state index contributed by atoms with van der Waals surface area (Å²) in [7, 11) is -1.36. The van der Waals surface area contributed by atoms with Crippen molar-refractivity contribution in [2.45, 2.75) is 43.9 Å². The monoisotopic (exact) mass is 393 g/mol. The lowest BCUT2D eigenvalue weighted by Gasteiger charge is -2.28. The Balaban J connectivity index is 1.62. The Labute approximate surface area is 163 Å². The van der Waals surface area contributed by atoms with Crippen molar-refractivity contribution in [1.82, 2.24) is 14.5 Å². The molecule has 2 aliphatic rings. The van der Waals surface area contributed by atoms with E-state index in [1.54, 1.807) is 12.1 Å². The molecule has 2 saturated heterocycles. The van der Waals surface area contributed by atoms with Gasteiger partial charge in [-0.3, -0.25) is 4.79 Å². The first kappa shape index (κ1) is 20.3. The molecule has 1 aromatic carbocycles. The predicted octanol–water partition coefficient (Wildman–Crippen LogP) is 2.24. The second-order valence-corrected chi connectivity index (χ2v) is 9.82. The Morgan fingerprint density at radius 1 is 1.15 bits per heavy atom. The molecule has 27 heavy (non-hydrogen) atoms. The summed E-state index contributed by atoms with van der Waals surface area (Å²) < 4.78 is 27.0. The van der Waals surface area contributed by atoms with Crippen LogP contribution in [0, 0.1) is 12.8 Å². The van der Waals surface area contributed by atoms with Gasteiger partial charge in [-0.2, -0.15) is 4.31 Å². The Kier molecular flexibility index (Phi) is 6.55. The molecule has 2 fully saturated rings. The standard InChI is InChI=1S/C20H31N3O3S/c1-16-5-6-18(27(25,26)23-11-3-4-12-23)15-19(16)20(24)21-10-7-17-8-13-22(2)14-9-17/h5-6,15,17H,3-4,7-14H2,1-2H3,(H,21,24). The van der Waals surface area contributed by atoms with Crippen molar-refractivity contribution in [1.29, 1.82) is 0 Å². The number of rotatable bonds is 6. The average Bonchev–Trinajstić information content (AvgIpc) is 3.19. The second kappa shape index (κ2) is 8.71. The van der Waals surface area contributed by atoms with Crippen molar-refractivity contribution < 1.29 is 13.2 Å². The fourth-order valence-electron chi connectivity index (χ4n) is 3.92. The van der Waals surface area contributed by atoms with Crippen molar-refractivity contribution in [3.05, 3.63) is 29.3 Å². The molecule has 1 N–H and O–H groups in total. The van der Waals surface area contributed by atoms with Crippen LogP contribution >= 0.6 is 0 Å². The number of carbonyl (C=O) groups is 1. The van der Waals surface area contributed by atoms with Gasteiger partial charge in [0.1, 0.15) is 0 Å². The van der Waals surface area contributed by atoms with E-state index in [-0.39, 0.29) is 10.8 Å². The van der Waals surface area contributed by atoms with Crippen LogP contribution < -0.4 is 5.32 Å². The normalized spacial score (nSPS) is 20.1. The van der Waals surface area contributed by atoms with E-state index in [9.17, 15) is 13.2 Å². The minimum absolute atomic E-state index is 0.182. The van der Waals surface area contributed by atoms with Crippen LogP contribution in [0.3, 0.4) is 0 Å². The maximum atomic E-state index is 12.8. The highest BCUT2D eigenvalue weighted by Crippen LogP contribution is 2.23. The van der Waals surface area contributed by atoms with Crippen LogP contribution in [0.15, 0.2) is 23.1 Å². The molecule has 0 atom stereocenters. The molecule has 3 rings (SSSR count). The van der Waals surface area contributed by atoms with Gasteiger partial charge < -0.3 is 10.2 Å². The number of benzene rings is 1. The largest absolute Gasteiger partial charge is 0.352 e. The maximum absolute atomic E-state index is 12.8. The number of aryl methyl sites for hydroxylation is 1. The number of carbonyl (C=O) groups excluding carboxylic acids is 1. The van der Waals surface area contributed by atoms with Gasteiger partial charge in [-0.1, -0.05) is 6.07 Å². The van der Waals surface area contributed by atoms with Crippen LogP contribution in [0.5, 0.6) is 0 Å². The van der Waals surface area contributed by atoms with Crippen molar-refractivity contribution in [3.8, 4) is 0 Å². The van der Waals surface area contributed by atoms with Gasteiger partial charge >= 0.3 is 0 Å². The van der Waals surface area contributed by atoms with Crippen molar-refractivity contribution in [2.24, 2.45) is 5.92 Å². The molecule has 1 amide bonds. The number of hydrogen-bond donors (Lipinski definition) is 1. The molecule has 1 aromatic rings. The van der Waals surface area contributed by atoms with Gasteiger partial charge in [0.05, 0.1) is 4.90 Å². The molecule has 0 aromatic heterocycles. The van der Waals surface area contributed by atoms with Gasteiger partial charge in [-0.25, -0.2) is 8.42 Å². The molecule has 150 valence electrons. The van der Waals surface area contributed by atoms with Gasteiger partial charge in [0.25, 0.3) is 5.91 Å². The molecule has 2 aliphatic heterocycles. The molecule has 2 heterocycles. The van der Waals surface area contributed by atoms with Crippen LogP contribution in [-0.2, 0) is 10.0 Å². The van der Waals surface area contributed by atoms with E-state index in [0.29, 0.717) is 31.1 Å². The molecular weight excluding hydrogens is 362 g/mol. The number of likely N-dealkylation sites (tertiary alicyclic amines) is 1. The van der Waals surface area contributed by atoms with Gasteiger partial charge in [0.15, 0.2) is 0 Å². The number of amides is 1. The molecule has 0 aliphatic carbocycles. The fraction of sp³-hybridized carbons (Fsp3) is 0.650. The van der Waals surface area contributed by atoms with Gasteiger partial charge in [0.2, 0.25) is 10.0 Å². The number of sulfonamides is 1. The lowest BCUT2D eigenvalue weighted by atomic mass is 9.94. The number of hydrogen-bond acceptors (Lipinski definition) is 4. The minimum Gasteiger partial charge on any atom is -0.352 e. The Morgan fingerprint density at radius 2 is 1.81 bits per heavy atom. The summed E-state index contributed by atoms with van der Waals surface area (Å²) in [5, 5.41) is 2.99. The third-order valence-corrected chi connectivity index (χ3v) is 7.73. The first-order valence-electron chi connectivity index (χ1n) is 9.95. The van der Waals surface area contributed by atoms with Crippen molar-refractivity contribution in [2.75, 3.05) is 39.8 Å². The quantitative estimate of drug-likeness (QED) is 0.805. The van der Waals surface area contributed by atoms with Crippen molar-refractivity contribution in [3.63, 3.8) is 0 Å². The van der Waals surface area contributed by atoms with E-state index >= 15 is 0 Å². The maximum Gasteiger partial charge on any atom is 0.251 e. The summed E-state index contributed by atoms with van der Waals surface area (Å²) in [5.41, 5.74) is 1.26. The third-order valence-electron chi connectivity index (χ3n) is 5.83. The lowest BCUT2D eigenvalue weighted by Crippen LogP contribution is -2.33. The highest BCUT2D eigenvalue weighted by molar-refractivity contribution is 7.89. The predicted molar refractivity (Wildman–Crippen MR) is 106 cm³/mol. The van der Waals surface area contributed by atoms with E-state index in [0.717, 1.165) is 37.9 Å². The zero-order valence-corrected chi connectivity index (χ0v) is 17.2. The topological polar surface area (TPSA) is 69.7 Å². The fourth-order valence-corrected chi connectivity index (χ4v) is 5.46. The summed E-state index contributed by atoms with van der Waals surface area (Å²) in [4.78, 5) is 15.2. The van der Waals surface area contributed by atoms with Crippen LogP contribution in [0.4, 0.5) is 0 Å². The van der Waals surface area contributed by atoms with E-state index in [4.69, 9.17) is 0 Å². The SMILES string of the molecule is Cc1ccc(S(=O)(=O)N2CCCC2)cc1C(=O)NCCC1CCN(C)CC1. The van der Waals surface area contributed by atoms with Crippen LogP contribution in [0.25, 0.3) is 0 Å². The Hall–Kier alpha value is -1.44. The first-order valence-corrected chi connectivity index (χ1v) is 11.4. The van der Waals surface area contributed by atoms with Crippen LogP contribution in [-0.4, -0.2) is 63.3 Å². The Bertz CT molecular complexity index is 765. The zero-order chi connectivity index (χ0) is 19.4. The summed E-state index contributed by atoms with van der Waals surface area (Å²) in [5.74, 6) is 0.475. The van der Waals surface area contributed by atoms with E-state index in [2.05, 4.69) is 17.3 Å². The summed E-state index contributed by atoms with van der Waals surface area (Å²) in [6, 6.07) is 4.88. The average molecular weight is 394 g/mol. The van der Waals surface area contributed by atoms with Gasteiger partial charge in [-0.05, 0) is 82.8 Å². The van der Waals surface area contributed by atoms with E-state index in [1.165, 1.54) is 23.2 Å². The summed E-state index contributed by atoms with van der Waals surface area (Å²) in [6.07, 6.45) is 5.12. The van der Waals surface area contributed by atoms with E-state index < -0.39 is 10.0 Å². The number of piperidine rings is 1. The molecule has 0 bridgehead atoms. The first-order chi connectivity index (χ1) is 12.9. The van der Waals surface area contributed by atoms with Gasteiger partial charge in [-0.15, -0.1) is 0 Å². The molecule has 0 spiro atoms. The number of nitrogens with zero attached hydrogens (tertiary/aromatic N) is 2. The second-order valence-electron chi connectivity index (χ2n) is 7.88.